The molecule has 1 aliphatic heterocycles. The van der Waals surface area contributed by atoms with Gasteiger partial charge in [0.15, 0.2) is 0 Å². The molecular weight excluding hydrogens is 234 g/mol. The van der Waals surface area contributed by atoms with E-state index in [1.807, 2.05) is 0 Å². The second-order valence-corrected chi connectivity index (χ2v) is 4.74. The molecule has 1 aromatic heterocycles. The van der Waals surface area contributed by atoms with Crippen LogP contribution in [0.25, 0.3) is 0 Å². The Morgan fingerprint density at radius 3 is 3.06 bits per heavy atom. The van der Waals surface area contributed by atoms with Crippen molar-refractivity contribution in [3.63, 3.8) is 0 Å². The highest BCUT2D eigenvalue weighted by molar-refractivity contribution is 5.53. The van der Waals surface area contributed by atoms with E-state index in [9.17, 15) is 10.1 Å². The predicted molar refractivity (Wildman–Crippen MR) is 68.7 cm³/mol. The summed E-state index contributed by atoms with van der Waals surface area (Å²) in [5, 5.41) is 17.4. The van der Waals surface area contributed by atoms with Gasteiger partial charge in [0.05, 0.1) is 0 Å². The molecule has 1 atom stereocenters. The van der Waals surface area contributed by atoms with Crippen molar-refractivity contribution in [2.24, 2.45) is 13.0 Å². The summed E-state index contributed by atoms with van der Waals surface area (Å²) in [6.07, 6.45) is 2.32. The number of hydrogen-bond acceptors (Lipinski definition) is 5. The van der Waals surface area contributed by atoms with Gasteiger partial charge in [-0.2, -0.15) is 0 Å². The van der Waals surface area contributed by atoms with Crippen molar-refractivity contribution in [2.75, 3.05) is 25.0 Å². The highest BCUT2D eigenvalue weighted by atomic mass is 16.6. The first kappa shape index (κ1) is 12.8. The smallest absolute Gasteiger partial charge is 0.364 e. The minimum absolute atomic E-state index is 0.0845. The van der Waals surface area contributed by atoms with Gasteiger partial charge in [-0.1, -0.05) is 0 Å². The average Bonchev–Trinajstić information content (AvgIpc) is 2.65. The average molecular weight is 253 g/mol. The molecule has 0 spiro atoms. The molecule has 100 valence electrons. The van der Waals surface area contributed by atoms with Gasteiger partial charge in [0, 0.05) is 20.5 Å². The van der Waals surface area contributed by atoms with Crippen LogP contribution in [0, 0.1) is 23.0 Å². The highest BCUT2D eigenvalue weighted by Gasteiger charge is 2.24. The lowest BCUT2D eigenvalue weighted by Crippen LogP contribution is -2.33. The molecule has 0 radical (unpaired) electrons. The van der Waals surface area contributed by atoms with Crippen molar-refractivity contribution in [2.45, 2.75) is 19.8 Å². The standard InChI is InChI=1S/C11H19N5O2/c1-8-14-11(16(17)18)10(15(8)2)13-7-9-4-3-5-12-6-9/h9,12-13H,3-7H2,1-2H3. The quantitative estimate of drug-likeness (QED) is 0.619. The zero-order chi connectivity index (χ0) is 13.1. The van der Waals surface area contributed by atoms with Crippen LogP contribution in [0.5, 0.6) is 0 Å². The molecular formula is C11H19N5O2. The maximum Gasteiger partial charge on any atom is 0.406 e. The van der Waals surface area contributed by atoms with E-state index in [1.54, 1.807) is 18.5 Å². The van der Waals surface area contributed by atoms with E-state index < -0.39 is 4.92 Å². The van der Waals surface area contributed by atoms with Gasteiger partial charge in [0.1, 0.15) is 0 Å². The lowest BCUT2D eigenvalue weighted by atomic mass is 10.00. The third kappa shape index (κ3) is 2.61. The molecule has 7 nitrogen and oxygen atoms in total. The maximum absolute atomic E-state index is 10.9. The van der Waals surface area contributed by atoms with Gasteiger partial charge in [-0.3, -0.25) is 4.57 Å². The Kier molecular flexibility index (Phi) is 3.81. The molecule has 0 bridgehead atoms. The zero-order valence-corrected chi connectivity index (χ0v) is 10.8. The largest absolute Gasteiger partial charge is 0.406 e. The molecule has 0 amide bonds. The summed E-state index contributed by atoms with van der Waals surface area (Å²) in [4.78, 5) is 14.4. The van der Waals surface area contributed by atoms with Crippen LogP contribution in [0.3, 0.4) is 0 Å². The maximum atomic E-state index is 10.9. The molecule has 1 aliphatic rings. The highest BCUT2D eigenvalue weighted by Crippen LogP contribution is 2.24. The van der Waals surface area contributed by atoms with Gasteiger partial charge >= 0.3 is 5.82 Å². The van der Waals surface area contributed by atoms with Crippen molar-refractivity contribution < 1.29 is 4.92 Å². The zero-order valence-electron chi connectivity index (χ0n) is 10.8. The molecule has 0 saturated carbocycles. The van der Waals surface area contributed by atoms with Crippen LogP contribution < -0.4 is 10.6 Å². The molecule has 2 heterocycles. The molecule has 2 rings (SSSR count). The van der Waals surface area contributed by atoms with Crippen LogP contribution in [0.1, 0.15) is 18.7 Å². The minimum Gasteiger partial charge on any atom is -0.364 e. The SMILES string of the molecule is Cc1nc([N+](=O)[O-])c(NCC2CCCNC2)n1C. The van der Waals surface area contributed by atoms with Crippen molar-refractivity contribution >= 4 is 11.6 Å². The second-order valence-electron chi connectivity index (χ2n) is 4.74. The Hall–Kier alpha value is -1.63. The Morgan fingerprint density at radius 1 is 1.67 bits per heavy atom. The Labute approximate surface area is 106 Å². The lowest BCUT2D eigenvalue weighted by molar-refractivity contribution is -0.388. The van der Waals surface area contributed by atoms with Crippen molar-refractivity contribution in [3.8, 4) is 0 Å². The molecule has 7 heteroatoms. The van der Waals surface area contributed by atoms with Crippen LogP contribution in [0.2, 0.25) is 0 Å². The van der Waals surface area contributed by atoms with E-state index in [0.29, 0.717) is 17.6 Å². The van der Waals surface area contributed by atoms with Crippen LogP contribution in [-0.2, 0) is 7.05 Å². The number of piperidine rings is 1. The monoisotopic (exact) mass is 253 g/mol. The third-order valence-electron chi connectivity index (χ3n) is 3.43. The fourth-order valence-corrected chi connectivity index (χ4v) is 2.26. The fourth-order valence-electron chi connectivity index (χ4n) is 2.26. The van der Waals surface area contributed by atoms with E-state index in [0.717, 1.165) is 26.1 Å². The first-order valence-corrected chi connectivity index (χ1v) is 6.22. The number of imidazole rings is 1. The summed E-state index contributed by atoms with van der Waals surface area (Å²) >= 11 is 0. The summed E-state index contributed by atoms with van der Waals surface area (Å²) in [5.41, 5.74) is 0. The predicted octanol–water partition coefficient (Wildman–Crippen LogP) is 1.05. The van der Waals surface area contributed by atoms with Gasteiger partial charge in [0.25, 0.3) is 0 Å². The van der Waals surface area contributed by atoms with Gasteiger partial charge in [-0.25, -0.2) is 0 Å². The molecule has 18 heavy (non-hydrogen) atoms. The van der Waals surface area contributed by atoms with Crippen LogP contribution >= 0.6 is 0 Å². The minimum atomic E-state index is -0.436. The topological polar surface area (TPSA) is 85.0 Å². The number of rotatable bonds is 4. The van der Waals surface area contributed by atoms with E-state index in [1.165, 1.54) is 6.42 Å². The van der Waals surface area contributed by atoms with E-state index in [-0.39, 0.29) is 5.82 Å². The Morgan fingerprint density at radius 2 is 2.44 bits per heavy atom. The molecule has 0 aliphatic carbocycles. The molecule has 1 saturated heterocycles. The van der Waals surface area contributed by atoms with E-state index in [4.69, 9.17) is 0 Å². The number of nitrogens with one attached hydrogen (secondary N) is 2. The van der Waals surface area contributed by atoms with E-state index >= 15 is 0 Å². The summed E-state index contributed by atoms with van der Waals surface area (Å²) in [5.74, 6) is 1.58. The first-order valence-electron chi connectivity index (χ1n) is 6.22. The molecule has 0 aromatic carbocycles. The van der Waals surface area contributed by atoms with Gasteiger partial charge in [-0.05, 0) is 41.8 Å². The van der Waals surface area contributed by atoms with Crippen molar-refractivity contribution in [1.82, 2.24) is 14.9 Å². The van der Waals surface area contributed by atoms with Crippen molar-refractivity contribution in [3.05, 3.63) is 15.9 Å². The summed E-state index contributed by atoms with van der Waals surface area (Å²) in [7, 11) is 1.79. The van der Waals surface area contributed by atoms with E-state index in [2.05, 4.69) is 15.6 Å². The number of nitrogens with zero attached hydrogens (tertiary/aromatic N) is 3. The molecule has 2 N–H and O–H groups in total. The second kappa shape index (κ2) is 5.34. The number of anilines is 1. The van der Waals surface area contributed by atoms with Crippen LogP contribution in [0.4, 0.5) is 11.6 Å². The fraction of sp³-hybridized carbons (Fsp3) is 0.727. The molecule has 1 aromatic rings. The third-order valence-corrected chi connectivity index (χ3v) is 3.43. The Balaban J connectivity index is 2.05. The normalized spacial score (nSPS) is 19.8. The summed E-state index contributed by atoms with van der Waals surface area (Å²) in [6.45, 7) is 4.55. The van der Waals surface area contributed by atoms with Gasteiger partial charge in [0.2, 0.25) is 11.6 Å². The Bertz CT molecular complexity index is 437. The van der Waals surface area contributed by atoms with Crippen LogP contribution in [0.15, 0.2) is 0 Å². The van der Waals surface area contributed by atoms with Gasteiger partial charge < -0.3 is 20.7 Å². The summed E-state index contributed by atoms with van der Waals surface area (Å²) in [6, 6.07) is 0. The van der Waals surface area contributed by atoms with Gasteiger partial charge in [-0.15, -0.1) is 0 Å². The summed E-state index contributed by atoms with van der Waals surface area (Å²) < 4.78 is 1.73. The van der Waals surface area contributed by atoms with Crippen LogP contribution in [-0.4, -0.2) is 34.1 Å². The first-order chi connectivity index (χ1) is 8.59. The number of aryl methyl sites for hydroxylation is 1. The molecule has 1 unspecified atom stereocenters. The number of nitro groups is 1. The van der Waals surface area contributed by atoms with Crippen molar-refractivity contribution in [1.29, 1.82) is 0 Å². The number of hydrogen-bond donors (Lipinski definition) is 2. The molecule has 1 fully saturated rings. The number of aromatic nitrogens is 2. The lowest BCUT2D eigenvalue weighted by Gasteiger charge is -2.23.